The normalized spacial score (nSPS) is 25.9. The summed E-state index contributed by atoms with van der Waals surface area (Å²) in [4.78, 5) is 2.10. The van der Waals surface area contributed by atoms with Crippen molar-refractivity contribution in [1.82, 2.24) is 4.90 Å². The molecule has 1 aromatic heterocycles. The first-order valence-corrected chi connectivity index (χ1v) is 9.28. The topological polar surface area (TPSA) is 16.4 Å². The number of halogens is 4. The summed E-state index contributed by atoms with van der Waals surface area (Å²) in [6.45, 7) is 3.60. The maximum atomic E-state index is 13.7. The summed E-state index contributed by atoms with van der Waals surface area (Å²) in [6.07, 6.45) is 5.20. The average molecular weight is 383 g/mol. The van der Waals surface area contributed by atoms with Gasteiger partial charge >= 0.3 is 6.18 Å². The van der Waals surface area contributed by atoms with Gasteiger partial charge in [-0.2, -0.15) is 13.2 Å². The van der Waals surface area contributed by atoms with E-state index in [2.05, 4.69) is 11.8 Å². The van der Waals surface area contributed by atoms with E-state index < -0.39 is 18.3 Å². The van der Waals surface area contributed by atoms with Crippen LogP contribution in [-0.4, -0.2) is 30.8 Å². The predicted octanol–water partition coefficient (Wildman–Crippen LogP) is 5.41. The molecule has 0 aliphatic heterocycles. The summed E-state index contributed by atoms with van der Waals surface area (Å²) in [7, 11) is 1.97. The van der Waals surface area contributed by atoms with Gasteiger partial charge in [0, 0.05) is 25.1 Å². The fraction of sp³-hybridized carbons (Fsp3) is 0.524. The van der Waals surface area contributed by atoms with E-state index in [1.165, 1.54) is 17.2 Å². The van der Waals surface area contributed by atoms with Crippen molar-refractivity contribution >= 4 is 0 Å². The highest BCUT2D eigenvalue weighted by Gasteiger charge is 2.43. The standard InChI is InChI=1S/C21H25F4NO/c1-14-5-8-20-17(10-14)16(13-27-20)12-26(2)9-3-4-15-6-7-18(19(22)11-15)21(23,24)25/h3-4,6-7,11,13-14,18-19H,5,8-10,12H2,1-2H3/b4-3+. The highest BCUT2D eigenvalue weighted by atomic mass is 19.4. The first-order chi connectivity index (χ1) is 12.7. The quantitative estimate of drug-likeness (QED) is 0.633. The molecule has 3 unspecified atom stereocenters. The Morgan fingerprint density at radius 1 is 1.33 bits per heavy atom. The van der Waals surface area contributed by atoms with Gasteiger partial charge in [-0.1, -0.05) is 31.2 Å². The van der Waals surface area contributed by atoms with Crippen LogP contribution >= 0.6 is 0 Å². The van der Waals surface area contributed by atoms with Crippen LogP contribution in [0.4, 0.5) is 17.6 Å². The van der Waals surface area contributed by atoms with E-state index in [9.17, 15) is 17.6 Å². The van der Waals surface area contributed by atoms with Crippen molar-refractivity contribution < 1.29 is 22.0 Å². The molecule has 27 heavy (non-hydrogen) atoms. The maximum Gasteiger partial charge on any atom is 0.398 e. The third-order valence-corrected chi connectivity index (χ3v) is 5.22. The van der Waals surface area contributed by atoms with Crippen molar-refractivity contribution in [2.45, 2.75) is 45.1 Å². The van der Waals surface area contributed by atoms with Crippen LogP contribution in [0.1, 0.15) is 30.2 Å². The third kappa shape index (κ3) is 4.92. The molecule has 1 aromatic rings. The van der Waals surface area contributed by atoms with Crippen LogP contribution in [0.5, 0.6) is 0 Å². The third-order valence-electron chi connectivity index (χ3n) is 5.22. The highest BCUT2D eigenvalue weighted by Crippen LogP contribution is 2.35. The van der Waals surface area contributed by atoms with Crippen LogP contribution < -0.4 is 0 Å². The molecule has 1 heterocycles. The van der Waals surface area contributed by atoms with Crippen molar-refractivity contribution in [3.8, 4) is 0 Å². The van der Waals surface area contributed by atoms with E-state index in [0.717, 1.165) is 43.7 Å². The Hall–Kier alpha value is -1.82. The van der Waals surface area contributed by atoms with Gasteiger partial charge in [-0.15, -0.1) is 0 Å². The summed E-state index contributed by atoms with van der Waals surface area (Å²) in [5.74, 6) is -0.289. The zero-order chi connectivity index (χ0) is 19.6. The Morgan fingerprint density at radius 2 is 2.11 bits per heavy atom. The molecular weight excluding hydrogens is 358 g/mol. The molecule has 0 aromatic carbocycles. The number of likely N-dealkylation sites (N-methyl/N-ethyl adjacent to an activating group) is 1. The summed E-state index contributed by atoms with van der Waals surface area (Å²) in [6, 6.07) is 0. The fourth-order valence-corrected chi connectivity index (χ4v) is 3.67. The summed E-state index contributed by atoms with van der Waals surface area (Å²) >= 11 is 0. The van der Waals surface area contributed by atoms with Crippen molar-refractivity contribution in [3.05, 3.63) is 59.1 Å². The molecule has 0 N–H and O–H groups in total. The van der Waals surface area contributed by atoms with Gasteiger partial charge in [0.1, 0.15) is 17.8 Å². The number of alkyl halides is 4. The number of furan rings is 1. The first kappa shape index (κ1) is 19.9. The van der Waals surface area contributed by atoms with Crippen LogP contribution in [0.15, 0.2) is 46.6 Å². The maximum absolute atomic E-state index is 13.7. The number of rotatable bonds is 5. The second kappa shape index (κ2) is 8.05. The van der Waals surface area contributed by atoms with Gasteiger partial charge < -0.3 is 4.42 Å². The summed E-state index contributed by atoms with van der Waals surface area (Å²) in [5, 5.41) is 0. The smallest absolute Gasteiger partial charge is 0.398 e. The van der Waals surface area contributed by atoms with Crippen molar-refractivity contribution in [2.75, 3.05) is 13.6 Å². The molecule has 0 spiro atoms. The van der Waals surface area contributed by atoms with Gasteiger partial charge in [0.15, 0.2) is 0 Å². The molecule has 0 saturated carbocycles. The van der Waals surface area contributed by atoms with Gasteiger partial charge in [-0.3, -0.25) is 4.90 Å². The minimum absolute atomic E-state index is 0.464. The molecule has 148 valence electrons. The largest absolute Gasteiger partial charge is 0.469 e. The van der Waals surface area contributed by atoms with E-state index in [-0.39, 0.29) is 0 Å². The molecule has 0 amide bonds. The van der Waals surface area contributed by atoms with Gasteiger partial charge in [0.2, 0.25) is 0 Å². The predicted molar refractivity (Wildman–Crippen MR) is 97.0 cm³/mol. The number of allylic oxidation sites excluding steroid dienone is 5. The Balaban J connectivity index is 1.54. The fourth-order valence-electron chi connectivity index (χ4n) is 3.67. The second-order valence-corrected chi connectivity index (χ2v) is 7.65. The van der Waals surface area contributed by atoms with Crippen LogP contribution in [0.25, 0.3) is 0 Å². The van der Waals surface area contributed by atoms with Gasteiger partial charge in [0.25, 0.3) is 0 Å². The van der Waals surface area contributed by atoms with Crippen LogP contribution in [0.3, 0.4) is 0 Å². The average Bonchev–Trinajstić information content (AvgIpc) is 2.96. The van der Waals surface area contributed by atoms with Gasteiger partial charge in [-0.25, -0.2) is 4.39 Å². The molecule has 0 radical (unpaired) electrons. The van der Waals surface area contributed by atoms with Crippen molar-refractivity contribution in [2.24, 2.45) is 11.8 Å². The van der Waals surface area contributed by atoms with Crippen molar-refractivity contribution in [1.29, 1.82) is 0 Å². The molecule has 0 bridgehead atoms. The number of hydrogen-bond donors (Lipinski definition) is 0. The Morgan fingerprint density at radius 3 is 2.81 bits per heavy atom. The van der Waals surface area contributed by atoms with Crippen molar-refractivity contribution in [3.63, 3.8) is 0 Å². The molecule has 6 heteroatoms. The second-order valence-electron chi connectivity index (χ2n) is 7.65. The molecule has 3 rings (SSSR count). The Kier molecular flexibility index (Phi) is 5.94. The number of hydrogen-bond acceptors (Lipinski definition) is 2. The van der Waals surface area contributed by atoms with E-state index in [1.807, 2.05) is 19.4 Å². The Bertz CT molecular complexity index is 744. The lowest BCUT2D eigenvalue weighted by atomic mass is 9.87. The zero-order valence-corrected chi connectivity index (χ0v) is 15.6. The van der Waals surface area contributed by atoms with Gasteiger partial charge in [0.05, 0.1) is 6.26 Å². The zero-order valence-electron chi connectivity index (χ0n) is 15.6. The Labute approximate surface area is 157 Å². The lowest BCUT2D eigenvalue weighted by molar-refractivity contribution is -0.171. The number of nitrogens with zero attached hydrogens (tertiary/aromatic N) is 1. The molecular formula is C21H25F4NO. The minimum atomic E-state index is -4.55. The lowest BCUT2D eigenvalue weighted by Crippen LogP contribution is -2.30. The van der Waals surface area contributed by atoms with Crippen LogP contribution in [0.2, 0.25) is 0 Å². The summed E-state index contributed by atoms with van der Waals surface area (Å²) < 4.78 is 57.4. The van der Waals surface area contributed by atoms with E-state index in [4.69, 9.17) is 4.42 Å². The lowest BCUT2D eigenvalue weighted by Gasteiger charge is -2.22. The monoisotopic (exact) mass is 383 g/mol. The van der Waals surface area contributed by atoms with E-state index in [0.29, 0.717) is 18.0 Å². The SMILES string of the molecule is CC1CCc2occ(CN(C)C/C=C/C3=CC(F)C(C(F)(F)F)C=C3)c2C1. The first-order valence-electron chi connectivity index (χ1n) is 9.28. The molecule has 0 fully saturated rings. The minimum Gasteiger partial charge on any atom is -0.469 e. The molecule has 2 aliphatic carbocycles. The number of aryl methyl sites for hydroxylation is 1. The van der Waals surface area contributed by atoms with Crippen LogP contribution in [-0.2, 0) is 19.4 Å². The van der Waals surface area contributed by atoms with E-state index >= 15 is 0 Å². The van der Waals surface area contributed by atoms with E-state index in [1.54, 1.807) is 6.08 Å². The molecule has 2 aliphatic rings. The molecule has 0 saturated heterocycles. The number of fused-ring (bicyclic) bond motifs is 1. The van der Waals surface area contributed by atoms with Gasteiger partial charge in [-0.05, 0) is 43.0 Å². The molecule has 2 nitrogen and oxygen atoms in total. The molecule has 3 atom stereocenters. The van der Waals surface area contributed by atoms with Crippen LogP contribution in [0, 0.1) is 11.8 Å². The summed E-state index contributed by atoms with van der Waals surface area (Å²) in [5.41, 5.74) is 2.98. The highest BCUT2D eigenvalue weighted by molar-refractivity contribution is 5.36.